The van der Waals surface area contributed by atoms with Gasteiger partial charge in [-0.25, -0.2) is 4.39 Å². The Hall–Kier alpha value is -1.42. The van der Waals surface area contributed by atoms with Crippen molar-refractivity contribution in [3.05, 3.63) is 30.1 Å². The molecule has 2 N–H and O–H groups in total. The number of carbonyl (C=O) groups excluding carboxylic acids is 1. The summed E-state index contributed by atoms with van der Waals surface area (Å²) < 4.78 is 12.6. The molecule has 16 heavy (non-hydrogen) atoms. The van der Waals surface area contributed by atoms with Crippen molar-refractivity contribution in [3.63, 3.8) is 0 Å². The van der Waals surface area contributed by atoms with Gasteiger partial charge in [0, 0.05) is 11.7 Å². The van der Waals surface area contributed by atoms with Crippen LogP contribution in [0.4, 0.5) is 10.1 Å². The van der Waals surface area contributed by atoms with Crippen LogP contribution in [0, 0.1) is 5.82 Å². The highest BCUT2D eigenvalue weighted by Crippen LogP contribution is 2.07. The van der Waals surface area contributed by atoms with Crippen LogP contribution >= 0.6 is 0 Å². The lowest BCUT2D eigenvalue weighted by atomic mass is 10.2. The molecule has 0 radical (unpaired) electrons. The van der Waals surface area contributed by atoms with E-state index in [4.69, 9.17) is 0 Å². The van der Waals surface area contributed by atoms with E-state index in [-0.39, 0.29) is 18.3 Å². The lowest BCUT2D eigenvalue weighted by Gasteiger charge is -2.11. The van der Waals surface area contributed by atoms with Crippen molar-refractivity contribution < 1.29 is 9.18 Å². The molecular weight excluding hydrogens is 207 g/mol. The lowest BCUT2D eigenvalue weighted by Crippen LogP contribution is -2.33. The van der Waals surface area contributed by atoms with Gasteiger partial charge in [0.15, 0.2) is 0 Å². The van der Waals surface area contributed by atoms with Gasteiger partial charge in [0.1, 0.15) is 5.82 Å². The van der Waals surface area contributed by atoms with Gasteiger partial charge in [0.25, 0.3) is 0 Å². The molecule has 0 spiro atoms. The van der Waals surface area contributed by atoms with Crippen molar-refractivity contribution in [2.75, 3.05) is 11.9 Å². The van der Waals surface area contributed by atoms with Crippen LogP contribution in [0.5, 0.6) is 0 Å². The highest BCUT2D eigenvalue weighted by Gasteiger charge is 2.04. The second kappa shape index (κ2) is 6.23. The fraction of sp³-hybridized carbons (Fsp3) is 0.417. The Bertz CT molecular complexity index is 337. The first-order valence-corrected chi connectivity index (χ1v) is 5.40. The minimum absolute atomic E-state index is 0.119. The SMILES string of the molecule is CCC(C)NCC(=O)Nc1ccc(F)cc1. The summed E-state index contributed by atoms with van der Waals surface area (Å²) in [4.78, 5) is 11.5. The van der Waals surface area contributed by atoms with Gasteiger partial charge < -0.3 is 10.6 Å². The molecule has 0 fully saturated rings. The van der Waals surface area contributed by atoms with Crippen molar-refractivity contribution in [1.29, 1.82) is 0 Å². The maximum absolute atomic E-state index is 12.6. The molecule has 1 aromatic rings. The zero-order chi connectivity index (χ0) is 12.0. The molecule has 0 aliphatic heterocycles. The molecule has 1 amide bonds. The number of benzene rings is 1. The van der Waals surface area contributed by atoms with Crippen molar-refractivity contribution >= 4 is 11.6 Å². The summed E-state index contributed by atoms with van der Waals surface area (Å²) >= 11 is 0. The lowest BCUT2D eigenvalue weighted by molar-refractivity contribution is -0.115. The molecule has 0 aliphatic carbocycles. The zero-order valence-corrected chi connectivity index (χ0v) is 9.59. The normalized spacial score (nSPS) is 12.2. The van der Waals surface area contributed by atoms with E-state index in [1.165, 1.54) is 24.3 Å². The molecule has 1 atom stereocenters. The number of halogens is 1. The van der Waals surface area contributed by atoms with Gasteiger partial charge in [-0.3, -0.25) is 4.79 Å². The summed E-state index contributed by atoms with van der Waals surface area (Å²) in [6.45, 7) is 4.34. The Morgan fingerprint density at radius 1 is 1.38 bits per heavy atom. The third-order valence-electron chi connectivity index (χ3n) is 2.35. The fourth-order valence-corrected chi connectivity index (χ4v) is 1.15. The quantitative estimate of drug-likeness (QED) is 0.804. The number of hydrogen-bond acceptors (Lipinski definition) is 2. The molecular formula is C12H17FN2O. The average molecular weight is 224 g/mol. The Labute approximate surface area is 95.0 Å². The van der Waals surface area contributed by atoms with Crippen LogP contribution in [0.1, 0.15) is 20.3 Å². The van der Waals surface area contributed by atoms with Crippen molar-refractivity contribution in [1.82, 2.24) is 5.32 Å². The first-order valence-electron chi connectivity index (χ1n) is 5.40. The standard InChI is InChI=1S/C12H17FN2O/c1-3-9(2)14-8-12(16)15-11-6-4-10(13)5-7-11/h4-7,9,14H,3,8H2,1-2H3,(H,15,16). The summed E-state index contributed by atoms with van der Waals surface area (Å²) in [5.74, 6) is -0.428. The summed E-state index contributed by atoms with van der Waals surface area (Å²) in [6, 6.07) is 6.03. The van der Waals surface area contributed by atoms with Gasteiger partial charge >= 0.3 is 0 Å². The van der Waals surface area contributed by atoms with E-state index < -0.39 is 0 Å². The monoisotopic (exact) mass is 224 g/mol. The Morgan fingerprint density at radius 3 is 2.56 bits per heavy atom. The molecule has 0 aromatic heterocycles. The van der Waals surface area contributed by atoms with E-state index in [9.17, 15) is 9.18 Å². The van der Waals surface area contributed by atoms with Crippen molar-refractivity contribution in [2.24, 2.45) is 0 Å². The van der Waals surface area contributed by atoms with Gasteiger partial charge in [0.2, 0.25) is 5.91 Å². The molecule has 1 unspecified atom stereocenters. The molecule has 88 valence electrons. The average Bonchev–Trinajstić information content (AvgIpc) is 2.29. The van der Waals surface area contributed by atoms with Crippen LogP contribution in [0.15, 0.2) is 24.3 Å². The van der Waals surface area contributed by atoms with E-state index in [2.05, 4.69) is 17.6 Å². The molecule has 1 aromatic carbocycles. The molecule has 1 rings (SSSR count). The number of rotatable bonds is 5. The fourth-order valence-electron chi connectivity index (χ4n) is 1.15. The second-order valence-corrected chi connectivity index (χ2v) is 3.75. The maximum atomic E-state index is 12.6. The highest BCUT2D eigenvalue weighted by atomic mass is 19.1. The first-order chi connectivity index (χ1) is 7.61. The largest absolute Gasteiger partial charge is 0.325 e. The zero-order valence-electron chi connectivity index (χ0n) is 9.59. The van der Waals surface area contributed by atoms with Crippen LogP contribution in [-0.4, -0.2) is 18.5 Å². The molecule has 0 saturated heterocycles. The van der Waals surface area contributed by atoms with E-state index in [1.54, 1.807) is 0 Å². The molecule has 3 nitrogen and oxygen atoms in total. The number of hydrogen-bond donors (Lipinski definition) is 2. The smallest absolute Gasteiger partial charge is 0.238 e. The Morgan fingerprint density at radius 2 is 2.00 bits per heavy atom. The summed E-state index contributed by atoms with van der Waals surface area (Å²) in [7, 11) is 0. The third kappa shape index (κ3) is 4.40. The Balaban J connectivity index is 2.37. The van der Waals surface area contributed by atoms with Gasteiger partial charge in [-0.2, -0.15) is 0 Å². The highest BCUT2D eigenvalue weighted by molar-refractivity contribution is 5.92. The third-order valence-corrected chi connectivity index (χ3v) is 2.35. The predicted octanol–water partition coefficient (Wildman–Crippen LogP) is 2.15. The van der Waals surface area contributed by atoms with Crippen molar-refractivity contribution in [3.8, 4) is 0 Å². The maximum Gasteiger partial charge on any atom is 0.238 e. The number of anilines is 1. The molecule has 0 aliphatic rings. The summed E-state index contributed by atoms with van der Waals surface area (Å²) in [5, 5.41) is 5.76. The number of nitrogens with one attached hydrogen (secondary N) is 2. The molecule has 0 bridgehead atoms. The molecule has 4 heteroatoms. The van der Waals surface area contributed by atoms with Gasteiger partial charge in [0.05, 0.1) is 6.54 Å². The van der Waals surface area contributed by atoms with Crippen LogP contribution in [-0.2, 0) is 4.79 Å². The summed E-state index contributed by atoms with van der Waals surface area (Å²) in [6.07, 6.45) is 0.976. The van der Waals surface area contributed by atoms with E-state index in [1.807, 2.05) is 6.92 Å². The molecule has 0 saturated carbocycles. The van der Waals surface area contributed by atoms with Crippen LogP contribution in [0.3, 0.4) is 0 Å². The van der Waals surface area contributed by atoms with Gasteiger partial charge in [-0.15, -0.1) is 0 Å². The second-order valence-electron chi connectivity index (χ2n) is 3.75. The minimum atomic E-state index is -0.310. The predicted molar refractivity (Wildman–Crippen MR) is 62.8 cm³/mol. The number of carbonyl (C=O) groups is 1. The number of amides is 1. The first kappa shape index (κ1) is 12.6. The van der Waals surface area contributed by atoms with Crippen molar-refractivity contribution in [2.45, 2.75) is 26.3 Å². The van der Waals surface area contributed by atoms with Gasteiger partial charge in [-0.05, 0) is 37.6 Å². The topological polar surface area (TPSA) is 41.1 Å². The van der Waals surface area contributed by atoms with E-state index >= 15 is 0 Å². The minimum Gasteiger partial charge on any atom is -0.325 e. The van der Waals surface area contributed by atoms with E-state index in [0.29, 0.717) is 11.7 Å². The van der Waals surface area contributed by atoms with Gasteiger partial charge in [-0.1, -0.05) is 6.92 Å². The van der Waals surface area contributed by atoms with Crippen LogP contribution in [0.2, 0.25) is 0 Å². The van der Waals surface area contributed by atoms with Crippen LogP contribution < -0.4 is 10.6 Å². The van der Waals surface area contributed by atoms with E-state index in [0.717, 1.165) is 6.42 Å². The van der Waals surface area contributed by atoms with Crippen LogP contribution in [0.25, 0.3) is 0 Å². The Kier molecular flexibility index (Phi) is 4.92. The molecule has 0 heterocycles. The summed E-state index contributed by atoms with van der Waals surface area (Å²) in [5.41, 5.74) is 0.609.